The summed E-state index contributed by atoms with van der Waals surface area (Å²) in [6.45, 7) is 4.29. The minimum atomic E-state index is -0.582. The maximum absolute atomic E-state index is 14.0. The highest BCUT2D eigenvalue weighted by Gasteiger charge is 2.29. The van der Waals surface area contributed by atoms with E-state index >= 15 is 0 Å². The molecule has 2 aliphatic rings. The van der Waals surface area contributed by atoms with Crippen molar-refractivity contribution in [1.29, 1.82) is 0 Å². The quantitative estimate of drug-likeness (QED) is 0.765. The van der Waals surface area contributed by atoms with Gasteiger partial charge in [-0.3, -0.25) is 9.78 Å². The molecule has 148 valence electrons. The molecular weight excluding hydrogens is 359 g/mol. The van der Waals surface area contributed by atoms with Gasteiger partial charge in [-0.2, -0.15) is 0 Å². The number of hydrogen-bond donors (Lipinski definition) is 0. The molecule has 28 heavy (non-hydrogen) atoms. The van der Waals surface area contributed by atoms with Crippen LogP contribution in [0.25, 0.3) is 0 Å². The summed E-state index contributed by atoms with van der Waals surface area (Å²) in [7, 11) is 0. The topological polar surface area (TPSA) is 68.2 Å². The van der Waals surface area contributed by atoms with Crippen LogP contribution in [0.5, 0.6) is 0 Å². The Hall–Kier alpha value is -2.41. The van der Waals surface area contributed by atoms with Gasteiger partial charge < -0.3 is 9.64 Å². The second kappa shape index (κ2) is 8.31. The predicted molar refractivity (Wildman–Crippen MR) is 101 cm³/mol. The van der Waals surface area contributed by atoms with Gasteiger partial charge in [0.25, 0.3) is 5.91 Å². The normalized spacial score (nSPS) is 19.6. The molecule has 1 unspecified atom stereocenters. The van der Waals surface area contributed by atoms with E-state index in [4.69, 9.17) is 4.74 Å². The first-order valence-electron chi connectivity index (χ1n) is 9.90. The highest BCUT2D eigenvalue weighted by Crippen LogP contribution is 2.31. The predicted octanol–water partition coefficient (Wildman–Crippen LogP) is 3.27. The van der Waals surface area contributed by atoms with Crippen LogP contribution in [-0.2, 0) is 11.3 Å². The molecule has 4 rings (SSSR count). The van der Waals surface area contributed by atoms with Gasteiger partial charge in [0, 0.05) is 43.6 Å². The molecule has 1 aliphatic carbocycles. The average molecular weight is 384 g/mol. The fraction of sp³-hybridized carbons (Fsp3) is 0.524. The zero-order chi connectivity index (χ0) is 19.5. The van der Waals surface area contributed by atoms with E-state index in [2.05, 4.69) is 15.0 Å². The van der Waals surface area contributed by atoms with Crippen molar-refractivity contribution in [2.24, 2.45) is 5.92 Å². The molecule has 1 saturated heterocycles. The molecule has 0 spiro atoms. The number of rotatable bonds is 6. The molecule has 7 heteroatoms. The van der Waals surface area contributed by atoms with Gasteiger partial charge in [0.2, 0.25) is 0 Å². The van der Waals surface area contributed by atoms with E-state index in [0.717, 1.165) is 36.9 Å². The Morgan fingerprint density at radius 1 is 1.32 bits per heavy atom. The van der Waals surface area contributed by atoms with Gasteiger partial charge in [-0.1, -0.05) is 0 Å². The van der Waals surface area contributed by atoms with E-state index < -0.39 is 5.82 Å². The molecule has 1 amide bonds. The molecule has 1 saturated carbocycles. The molecule has 2 aromatic heterocycles. The smallest absolute Gasteiger partial charge is 0.256 e. The number of aryl methyl sites for hydroxylation is 1. The van der Waals surface area contributed by atoms with Crippen LogP contribution in [0.1, 0.15) is 59.0 Å². The zero-order valence-electron chi connectivity index (χ0n) is 16.1. The number of hydrogen-bond acceptors (Lipinski definition) is 5. The lowest BCUT2D eigenvalue weighted by molar-refractivity contribution is 0.0698. The van der Waals surface area contributed by atoms with Crippen molar-refractivity contribution in [3.05, 3.63) is 53.1 Å². The molecule has 0 N–H and O–H groups in total. The monoisotopic (exact) mass is 384 g/mol. The highest BCUT2D eigenvalue weighted by molar-refractivity contribution is 5.94. The van der Waals surface area contributed by atoms with Gasteiger partial charge in [0.1, 0.15) is 5.82 Å². The largest absolute Gasteiger partial charge is 0.376 e. The summed E-state index contributed by atoms with van der Waals surface area (Å²) in [6.07, 6.45) is 8.67. The first-order valence-corrected chi connectivity index (χ1v) is 9.90. The molecule has 3 heterocycles. The summed E-state index contributed by atoms with van der Waals surface area (Å²) in [5.74, 6) is 0.643. The van der Waals surface area contributed by atoms with Gasteiger partial charge in [0.05, 0.1) is 24.1 Å². The van der Waals surface area contributed by atoms with Crippen molar-refractivity contribution in [2.75, 3.05) is 19.7 Å². The van der Waals surface area contributed by atoms with Crippen molar-refractivity contribution in [2.45, 2.75) is 45.1 Å². The lowest BCUT2D eigenvalue weighted by Gasteiger charge is -2.33. The maximum Gasteiger partial charge on any atom is 0.256 e. The fourth-order valence-electron chi connectivity index (χ4n) is 3.70. The van der Waals surface area contributed by atoms with Crippen LogP contribution in [0.4, 0.5) is 4.39 Å². The Labute approximate surface area is 164 Å². The highest BCUT2D eigenvalue weighted by atomic mass is 19.1. The second-order valence-corrected chi connectivity index (χ2v) is 7.73. The fourth-order valence-corrected chi connectivity index (χ4v) is 3.70. The molecule has 0 radical (unpaired) electrons. The number of aromatic nitrogens is 3. The number of nitrogens with zero attached hydrogens (tertiary/aromatic N) is 4. The van der Waals surface area contributed by atoms with Crippen LogP contribution < -0.4 is 0 Å². The average Bonchev–Trinajstić information content (AvgIpc) is 3.53. The molecule has 0 bridgehead atoms. The molecular formula is C21H25FN4O2. The van der Waals surface area contributed by atoms with Crippen molar-refractivity contribution in [3.8, 4) is 0 Å². The molecule has 2 fully saturated rings. The third kappa shape index (κ3) is 4.35. The van der Waals surface area contributed by atoms with Crippen molar-refractivity contribution < 1.29 is 13.9 Å². The number of halogens is 1. The summed E-state index contributed by atoms with van der Waals surface area (Å²) >= 11 is 0. The minimum absolute atomic E-state index is 0.0718. The standard InChI is InChI=1S/C21H25FN4O2/c1-14-24-9-17(13-28-12-15-4-5-15)20(25-14)16-3-2-8-26(11-16)21(27)18-6-7-23-10-19(18)22/h6-7,9-10,15-16H,2-5,8,11-13H2,1H3. The Bertz CT molecular complexity index is 856. The number of carbonyl (C=O) groups is 1. The van der Waals surface area contributed by atoms with Crippen LogP contribution in [0.3, 0.4) is 0 Å². The summed E-state index contributed by atoms with van der Waals surface area (Å²) in [4.78, 5) is 27.3. The number of likely N-dealkylation sites (tertiary alicyclic amines) is 1. The number of piperidine rings is 1. The SMILES string of the molecule is Cc1ncc(COCC2CC2)c(C2CCCN(C(=O)c3ccncc3F)C2)n1. The Kier molecular flexibility index (Phi) is 5.62. The Balaban J connectivity index is 1.50. The van der Waals surface area contributed by atoms with Crippen molar-refractivity contribution in [1.82, 2.24) is 19.9 Å². The first kappa shape index (κ1) is 18.9. The molecule has 6 nitrogen and oxygen atoms in total. The number of ether oxygens (including phenoxy) is 1. The zero-order valence-corrected chi connectivity index (χ0v) is 16.1. The lowest BCUT2D eigenvalue weighted by Crippen LogP contribution is -2.40. The van der Waals surface area contributed by atoms with Crippen molar-refractivity contribution in [3.63, 3.8) is 0 Å². The molecule has 1 aliphatic heterocycles. The third-order valence-electron chi connectivity index (χ3n) is 5.42. The van der Waals surface area contributed by atoms with E-state index in [0.29, 0.717) is 31.4 Å². The molecule has 0 aromatic carbocycles. The van der Waals surface area contributed by atoms with Gasteiger partial charge in [-0.25, -0.2) is 14.4 Å². The van der Waals surface area contributed by atoms with Crippen LogP contribution in [-0.4, -0.2) is 45.5 Å². The first-order chi connectivity index (χ1) is 13.6. The van der Waals surface area contributed by atoms with Crippen LogP contribution in [0.15, 0.2) is 24.7 Å². The van der Waals surface area contributed by atoms with Gasteiger partial charge in [-0.15, -0.1) is 0 Å². The van der Waals surface area contributed by atoms with E-state index in [1.807, 2.05) is 13.1 Å². The maximum atomic E-state index is 14.0. The van der Waals surface area contributed by atoms with Crippen LogP contribution in [0.2, 0.25) is 0 Å². The van der Waals surface area contributed by atoms with Crippen molar-refractivity contribution >= 4 is 5.91 Å². The van der Waals surface area contributed by atoms with E-state index in [1.54, 1.807) is 4.90 Å². The van der Waals surface area contributed by atoms with E-state index in [1.165, 1.54) is 25.1 Å². The lowest BCUT2D eigenvalue weighted by atomic mass is 9.91. The second-order valence-electron chi connectivity index (χ2n) is 7.73. The van der Waals surface area contributed by atoms with Crippen LogP contribution >= 0.6 is 0 Å². The number of pyridine rings is 1. The molecule has 2 aromatic rings. The summed E-state index contributed by atoms with van der Waals surface area (Å²) in [5, 5.41) is 0. The van der Waals surface area contributed by atoms with Gasteiger partial charge in [-0.05, 0) is 44.6 Å². The molecule has 1 atom stereocenters. The van der Waals surface area contributed by atoms with Crippen LogP contribution in [0, 0.1) is 18.7 Å². The summed E-state index contributed by atoms with van der Waals surface area (Å²) in [5.41, 5.74) is 2.01. The Morgan fingerprint density at radius 2 is 2.18 bits per heavy atom. The van der Waals surface area contributed by atoms with Gasteiger partial charge in [0.15, 0.2) is 5.82 Å². The number of carbonyl (C=O) groups excluding carboxylic acids is 1. The van der Waals surface area contributed by atoms with E-state index in [9.17, 15) is 9.18 Å². The number of amides is 1. The van der Waals surface area contributed by atoms with Gasteiger partial charge >= 0.3 is 0 Å². The third-order valence-corrected chi connectivity index (χ3v) is 5.42. The van der Waals surface area contributed by atoms with E-state index in [-0.39, 0.29) is 17.4 Å². The minimum Gasteiger partial charge on any atom is -0.376 e. The Morgan fingerprint density at radius 3 is 2.96 bits per heavy atom. The summed E-state index contributed by atoms with van der Waals surface area (Å²) in [6, 6.07) is 1.44. The summed E-state index contributed by atoms with van der Waals surface area (Å²) < 4.78 is 19.9.